The van der Waals surface area contributed by atoms with E-state index >= 15 is 0 Å². The van der Waals surface area contributed by atoms with Crippen LogP contribution in [0.5, 0.6) is 0 Å². The number of hydrogen-bond donors (Lipinski definition) is 0. The predicted molar refractivity (Wildman–Crippen MR) is 75.9 cm³/mol. The van der Waals surface area contributed by atoms with Crippen molar-refractivity contribution in [1.29, 1.82) is 0 Å². The van der Waals surface area contributed by atoms with Gasteiger partial charge in [-0.1, -0.05) is 43.4 Å². The Bertz CT molecular complexity index is 366. The third-order valence-electron chi connectivity index (χ3n) is 3.85. The Balaban J connectivity index is 1.84. The van der Waals surface area contributed by atoms with Crippen LogP contribution in [-0.4, -0.2) is 5.38 Å². The van der Waals surface area contributed by atoms with Gasteiger partial charge in [0.1, 0.15) is 5.82 Å². The zero-order valence-electron chi connectivity index (χ0n) is 10.5. The third kappa shape index (κ3) is 3.86. The molecular formula is C15H19Cl2F. The SMILES string of the molecule is Fc1cccc(Cl)c1CC(Cl)CCC1CCCC1. The minimum atomic E-state index is -0.242. The van der Waals surface area contributed by atoms with E-state index in [4.69, 9.17) is 23.2 Å². The minimum Gasteiger partial charge on any atom is -0.207 e. The fourth-order valence-electron chi connectivity index (χ4n) is 2.77. The van der Waals surface area contributed by atoms with Crippen molar-refractivity contribution in [1.82, 2.24) is 0 Å². The van der Waals surface area contributed by atoms with Crippen LogP contribution in [0.2, 0.25) is 5.02 Å². The van der Waals surface area contributed by atoms with Gasteiger partial charge in [0, 0.05) is 16.0 Å². The quantitative estimate of drug-likeness (QED) is 0.619. The summed E-state index contributed by atoms with van der Waals surface area (Å²) >= 11 is 12.3. The molecule has 1 atom stereocenters. The lowest BCUT2D eigenvalue weighted by Gasteiger charge is -2.14. The van der Waals surface area contributed by atoms with Crippen molar-refractivity contribution in [2.24, 2.45) is 5.92 Å². The Morgan fingerprint density at radius 2 is 2.00 bits per heavy atom. The van der Waals surface area contributed by atoms with Crippen LogP contribution in [0, 0.1) is 11.7 Å². The molecule has 1 unspecified atom stereocenters. The summed E-state index contributed by atoms with van der Waals surface area (Å²) in [5.74, 6) is 0.594. The van der Waals surface area contributed by atoms with E-state index in [9.17, 15) is 4.39 Å². The molecule has 18 heavy (non-hydrogen) atoms. The molecule has 100 valence electrons. The Hall–Kier alpha value is -0.270. The van der Waals surface area contributed by atoms with Gasteiger partial charge >= 0.3 is 0 Å². The van der Waals surface area contributed by atoms with Crippen molar-refractivity contribution in [3.05, 3.63) is 34.6 Å². The van der Waals surface area contributed by atoms with Gasteiger partial charge < -0.3 is 0 Å². The van der Waals surface area contributed by atoms with Crippen molar-refractivity contribution in [3.8, 4) is 0 Å². The van der Waals surface area contributed by atoms with E-state index < -0.39 is 0 Å². The first-order chi connectivity index (χ1) is 8.66. The lowest BCUT2D eigenvalue weighted by Crippen LogP contribution is -2.08. The van der Waals surface area contributed by atoms with Crippen LogP contribution in [0.25, 0.3) is 0 Å². The molecule has 3 heteroatoms. The maximum Gasteiger partial charge on any atom is 0.127 e. The number of hydrogen-bond acceptors (Lipinski definition) is 0. The molecule has 0 radical (unpaired) electrons. The van der Waals surface area contributed by atoms with Crippen molar-refractivity contribution in [2.75, 3.05) is 0 Å². The van der Waals surface area contributed by atoms with Crippen LogP contribution in [-0.2, 0) is 6.42 Å². The fourth-order valence-corrected chi connectivity index (χ4v) is 3.29. The van der Waals surface area contributed by atoms with E-state index in [0.29, 0.717) is 17.0 Å². The Labute approximate surface area is 118 Å². The monoisotopic (exact) mass is 288 g/mol. The average molecular weight is 289 g/mol. The topological polar surface area (TPSA) is 0 Å². The molecule has 0 heterocycles. The molecule has 1 aromatic rings. The van der Waals surface area contributed by atoms with Crippen LogP contribution in [0.15, 0.2) is 18.2 Å². The van der Waals surface area contributed by atoms with Gasteiger partial charge in [-0.15, -0.1) is 11.6 Å². The lowest BCUT2D eigenvalue weighted by atomic mass is 9.98. The van der Waals surface area contributed by atoms with E-state index in [0.717, 1.165) is 12.3 Å². The zero-order valence-corrected chi connectivity index (χ0v) is 12.0. The van der Waals surface area contributed by atoms with Gasteiger partial charge in [-0.05, 0) is 37.3 Å². The molecule has 1 aromatic carbocycles. The van der Waals surface area contributed by atoms with Crippen LogP contribution in [0.3, 0.4) is 0 Å². The molecule has 0 bridgehead atoms. The molecule has 1 aliphatic carbocycles. The van der Waals surface area contributed by atoms with Gasteiger partial charge in [-0.2, -0.15) is 0 Å². The smallest absolute Gasteiger partial charge is 0.127 e. The van der Waals surface area contributed by atoms with Crippen molar-refractivity contribution in [2.45, 2.75) is 50.3 Å². The molecule has 0 saturated heterocycles. The second kappa shape index (κ2) is 6.77. The van der Waals surface area contributed by atoms with E-state index in [-0.39, 0.29) is 11.2 Å². The normalized spacial score (nSPS) is 18.2. The number of alkyl halides is 1. The van der Waals surface area contributed by atoms with Gasteiger partial charge in [-0.25, -0.2) is 4.39 Å². The van der Waals surface area contributed by atoms with Crippen molar-refractivity contribution < 1.29 is 4.39 Å². The fraction of sp³-hybridized carbons (Fsp3) is 0.600. The van der Waals surface area contributed by atoms with Crippen molar-refractivity contribution in [3.63, 3.8) is 0 Å². The summed E-state index contributed by atoms with van der Waals surface area (Å²) < 4.78 is 13.6. The summed E-state index contributed by atoms with van der Waals surface area (Å²) in [7, 11) is 0. The van der Waals surface area contributed by atoms with Crippen LogP contribution in [0.4, 0.5) is 4.39 Å². The first-order valence-corrected chi connectivity index (χ1v) is 7.55. The van der Waals surface area contributed by atoms with Gasteiger partial charge in [0.05, 0.1) is 0 Å². The summed E-state index contributed by atoms with van der Waals surface area (Å²) in [5.41, 5.74) is 0.561. The molecule has 1 aliphatic rings. The first-order valence-electron chi connectivity index (χ1n) is 6.73. The van der Waals surface area contributed by atoms with E-state index in [1.165, 1.54) is 38.2 Å². The van der Waals surface area contributed by atoms with Crippen LogP contribution in [0.1, 0.15) is 44.1 Å². The highest BCUT2D eigenvalue weighted by Crippen LogP contribution is 2.31. The zero-order chi connectivity index (χ0) is 13.0. The molecular weight excluding hydrogens is 270 g/mol. The largest absolute Gasteiger partial charge is 0.207 e. The van der Waals surface area contributed by atoms with Gasteiger partial charge in [0.25, 0.3) is 0 Å². The van der Waals surface area contributed by atoms with E-state index in [1.54, 1.807) is 12.1 Å². The maximum absolute atomic E-state index is 13.6. The van der Waals surface area contributed by atoms with Crippen molar-refractivity contribution >= 4 is 23.2 Å². The van der Waals surface area contributed by atoms with Gasteiger partial charge in [0.2, 0.25) is 0 Å². The van der Waals surface area contributed by atoms with Crippen LogP contribution < -0.4 is 0 Å². The summed E-state index contributed by atoms with van der Waals surface area (Å²) in [6.07, 6.45) is 8.04. The predicted octanol–water partition coefficient (Wildman–Crippen LogP) is 5.60. The second-order valence-corrected chi connectivity index (χ2v) is 6.25. The highest BCUT2D eigenvalue weighted by Gasteiger charge is 2.18. The molecule has 0 spiro atoms. The Morgan fingerprint density at radius 1 is 1.28 bits per heavy atom. The molecule has 1 fully saturated rings. The second-order valence-electron chi connectivity index (χ2n) is 5.23. The Kier molecular flexibility index (Phi) is 5.32. The molecule has 0 aliphatic heterocycles. The van der Waals surface area contributed by atoms with Gasteiger partial charge in [-0.3, -0.25) is 0 Å². The van der Waals surface area contributed by atoms with E-state index in [2.05, 4.69) is 0 Å². The highest BCUT2D eigenvalue weighted by atomic mass is 35.5. The summed E-state index contributed by atoms with van der Waals surface area (Å²) in [4.78, 5) is 0. The number of halogens is 3. The average Bonchev–Trinajstić information content (AvgIpc) is 2.84. The molecule has 1 saturated carbocycles. The standard InChI is InChI=1S/C15H19Cl2F/c16-12(9-8-11-4-1-2-5-11)10-13-14(17)6-3-7-15(13)18/h3,6-7,11-12H,1-2,4-5,8-10H2. The Morgan fingerprint density at radius 3 is 2.67 bits per heavy atom. The minimum absolute atomic E-state index is 0.0139. The maximum atomic E-state index is 13.6. The van der Waals surface area contributed by atoms with Gasteiger partial charge in [0.15, 0.2) is 0 Å². The summed E-state index contributed by atoms with van der Waals surface area (Å²) in [6.45, 7) is 0. The summed E-state index contributed by atoms with van der Waals surface area (Å²) in [5, 5.41) is 0.474. The number of benzene rings is 1. The third-order valence-corrected chi connectivity index (χ3v) is 4.58. The lowest BCUT2D eigenvalue weighted by molar-refractivity contribution is 0.474. The molecule has 0 aromatic heterocycles. The van der Waals surface area contributed by atoms with Crippen LogP contribution >= 0.6 is 23.2 Å². The number of rotatable bonds is 5. The molecule has 0 amide bonds. The molecule has 0 N–H and O–H groups in total. The summed E-state index contributed by atoms with van der Waals surface area (Å²) in [6, 6.07) is 4.80. The first kappa shape index (κ1) is 14.1. The highest BCUT2D eigenvalue weighted by molar-refractivity contribution is 6.31. The molecule has 2 rings (SSSR count). The van der Waals surface area contributed by atoms with E-state index in [1.807, 2.05) is 0 Å². The molecule has 0 nitrogen and oxygen atoms in total.